The maximum atomic E-state index is 5.72. The van der Waals surface area contributed by atoms with Crippen molar-refractivity contribution < 1.29 is 4.74 Å². The molecule has 0 saturated carbocycles. The first kappa shape index (κ1) is 10.3. The lowest BCUT2D eigenvalue weighted by atomic mass is 10.2. The lowest BCUT2D eigenvalue weighted by molar-refractivity contribution is 0.376. The quantitative estimate of drug-likeness (QED) is 0.850. The van der Waals surface area contributed by atoms with Crippen molar-refractivity contribution in [3.05, 3.63) is 36.3 Å². The highest BCUT2D eigenvalue weighted by molar-refractivity contribution is 5.30. The summed E-state index contributed by atoms with van der Waals surface area (Å²) in [6, 6.07) is 6.05. The Bertz CT molecular complexity index is 508. The summed E-state index contributed by atoms with van der Waals surface area (Å²) in [7, 11) is 0. The molecule has 1 atom stereocenters. The molecule has 0 fully saturated rings. The summed E-state index contributed by atoms with van der Waals surface area (Å²) in [5.74, 6) is 1.38. The molecule has 2 aromatic heterocycles. The van der Waals surface area contributed by atoms with Crippen LogP contribution in [0, 0.1) is 0 Å². The van der Waals surface area contributed by atoms with Gasteiger partial charge in [-0.25, -0.2) is 4.98 Å². The van der Waals surface area contributed by atoms with Gasteiger partial charge in [0.1, 0.15) is 0 Å². The highest BCUT2D eigenvalue weighted by Gasteiger charge is 2.19. The van der Waals surface area contributed by atoms with Gasteiger partial charge < -0.3 is 10.1 Å². The van der Waals surface area contributed by atoms with Crippen LogP contribution in [0.5, 0.6) is 11.6 Å². The summed E-state index contributed by atoms with van der Waals surface area (Å²) >= 11 is 0. The average molecular weight is 230 g/mol. The molecule has 3 heterocycles. The Hall–Kier alpha value is -1.88. The first-order valence-corrected chi connectivity index (χ1v) is 5.70. The molecule has 1 aliphatic heterocycles. The first-order chi connectivity index (χ1) is 8.33. The minimum Gasteiger partial charge on any atom is -0.435 e. The summed E-state index contributed by atoms with van der Waals surface area (Å²) in [5.41, 5.74) is 1.08. The summed E-state index contributed by atoms with van der Waals surface area (Å²) in [4.78, 5) is 4.14. The molecule has 5 heteroatoms. The lowest BCUT2D eigenvalue weighted by Crippen LogP contribution is -2.36. The maximum absolute atomic E-state index is 5.72. The normalized spacial score (nSPS) is 18.8. The minimum atomic E-state index is 0.449. The summed E-state index contributed by atoms with van der Waals surface area (Å²) in [5, 5.41) is 7.72. The molecule has 0 spiro atoms. The zero-order chi connectivity index (χ0) is 11.7. The van der Waals surface area contributed by atoms with E-state index in [9.17, 15) is 0 Å². The van der Waals surface area contributed by atoms with E-state index in [-0.39, 0.29) is 0 Å². The molecule has 0 radical (unpaired) electrons. The van der Waals surface area contributed by atoms with Gasteiger partial charge in [-0.2, -0.15) is 5.10 Å². The zero-order valence-corrected chi connectivity index (χ0v) is 9.63. The third-order valence-electron chi connectivity index (χ3n) is 2.83. The molecule has 17 heavy (non-hydrogen) atoms. The van der Waals surface area contributed by atoms with Crippen molar-refractivity contribution in [1.29, 1.82) is 0 Å². The van der Waals surface area contributed by atoms with E-state index in [0.29, 0.717) is 11.9 Å². The topological polar surface area (TPSA) is 52.0 Å². The van der Waals surface area contributed by atoms with Gasteiger partial charge in [-0.1, -0.05) is 6.07 Å². The molecule has 0 aromatic carbocycles. The molecule has 0 amide bonds. The van der Waals surface area contributed by atoms with Crippen molar-refractivity contribution in [2.45, 2.75) is 26.1 Å². The van der Waals surface area contributed by atoms with Crippen LogP contribution in [0.4, 0.5) is 0 Å². The average Bonchev–Trinajstić information content (AvgIpc) is 2.73. The van der Waals surface area contributed by atoms with Crippen LogP contribution in [0.1, 0.15) is 12.6 Å². The highest BCUT2D eigenvalue weighted by Crippen LogP contribution is 2.25. The standard InChI is InChI=1S/C12H14N4O/c1-9-8-16-10(6-14-9)11(7-15-16)17-12-4-2-3-5-13-12/h2-5,7,9,14H,6,8H2,1H3/t9-/m0/s1. The Morgan fingerprint density at radius 3 is 3.24 bits per heavy atom. The van der Waals surface area contributed by atoms with E-state index in [1.54, 1.807) is 12.4 Å². The van der Waals surface area contributed by atoms with Crippen LogP contribution in [-0.2, 0) is 13.1 Å². The number of fused-ring (bicyclic) bond motifs is 1. The van der Waals surface area contributed by atoms with Gasteiger partial charge in [0.2, 0.25) is 5.88 Å². The van der Waals surface area contributed by atoms with Crippen molar-refractivity contribution in [2.75, 3.05) is 0 Å². The van der Waals surface area contributed by atoms with E-state index in [2.05, 4.69) is 22.3 Å². The van der Waals surface area contributed by atoms with Gasteiger partial charge in [0.05, 0.1) is 18.4 Å². The molecule has 2 aromatic rings. The Labute approximate surface area is 99.4 Å². The SMILES string of the molecule is C[C@H]1Cn2ncc(Oc3ccccn3)c2CN1. The number of ether oxygens (including phenoxy) is 1. The number of nitrogens with one attached hydrogen (secondary N) is 1. The Morgan fingerprint density at radius 1 is 1.47 bits per heavy atom. The first-order valence-electron chi connectivity index (χ1n) is 5.70. The molecule has 0 unspecified atom stereocenters. The van der Waals surface area contributed by atoms with Crippen LogP contribution in [0.2, 0.25) is 0 Å². The van der Waals surface area contributed by atoms with E-state index in [1.165, 1.54) is 0 Å². The fourth-order valence-corrected chi connectivity index (χ4v) is 1.93. The zero-order valence-electron chi connectivity index (χ0n) is 9.63. The third-order valence-corrected chi connectivity index (χ3v) is 2.83. The molecule has 5 nitrogen and oxygen atoms in total. The second-order valence-corrected chi connectivity index (χ2v) is 4.19. The summed E-state index contributed by atoms with van der Waals surface area (Å²) < 4.78 is 7.70. The predicted molar refractivity (Wildman–Crippen MR) is 62.8 cm³/mol. The Kier molecular flexibility index (Phi) is 2.53. The number of pyridine rings is 1. The van der Waals surface area contributed by atoms with Gasteiger partial charge in [0.15, 0.2) is 5.75 Å². The van der Waals surface area contributed by atoms with Crippen LogP contribution in [0.3, 0.4) is 0 Å². The molecule has 0 bridgehead atoms. The second kappa shape index (κ2) is 4.18. The summed E-state index contributed by atoms with van der Waals surface area (Å²) in [6.45, 7) is 3.80. The fourth-order valence-electron chi connectivity index (χ4n) is 1.93. The van der Waals surface area contributed by atoms with Crippen LogP contribution in [0.15, 0.2) is 30.6 Å². The molecule has 1 N–H and O–H groups in total. The largest absolute Gasteiger partial charge is 0.435 e. The van der Waals surface area contributed by atoms with E-state index in [1.807, 2.05) is 22.9 Å². The van der Waals surface area contributed by atoms with Gasteiger partial charge in [-0.15, -0.1) is 0 Å². The fraction of sp³-hybridized carbons (Fsp3) is 0.333. The van der Waals surface area contributed by atoms with Crippen molar-refractivity contribution >= 4 is 0 Å². The van der Waals surface area contributed by atoms with E-state index >= 15 is 0 Å². The number of rotatable bonds is 2. The van der Waals surface area contributed by atoms with E-state index in [0.717, 1.165) is 24.5 Å². The number of hydrogen-bond donors (Lipinski definition) is 1. The van der Waals surface area contributed by atoms with Crippen LogP contribution < -0.4 is 10.1 Å². The van der Waals surface area contributed by atoms with Crippen LogP contribution >= 0.6 is 0 Å². The van der Waals surface area contributed by atoms with Gasteiger partial charge in [0.25, 0.3) is 0 Å². The van der Waals surface area contributed by atoms with Crippen molar-refractivity contribution in [1.82, 2.24) is 20.1 Å². The maximum Gasteiger partial charge on any atom is 0.219 e. The summed E-state index contributed by atoms with van der Waals surface area (Å²) in [6.07, 6.45) is 3.47. The van der Waals surface area contributed by atoms with Crippen molar-refractivity contribution in [3.63, 3.8) is 0 Å². The van der Waals surface area contributed by atoms with Crippen LogP contribution in [0.25, 0.3) is 0 Å². The van der Waals surface area contributed by atoms with Crippen LogP contribution in [-0.4, -0.2) is 20.8 Å². The monoisotopic (exact) mass is 230 g/mol. The molecule has 1 aliphatic rings. The van der Waals surface area contributed by atoms with Gasteiger partial charge in [-0.05, 0) is 13.0 Å². The highest BCUT2D eigenvalue weighted by atomic mass is 16.5. The molecule has 88 valence electrons. The molecule has 0 saturated heterocycles. The van der Waals surface area contributed by atoms with Gasteiger partial charge in [0, 0.05) is 24.8 Å². The predicted octanol–water partition coefficient (Wildman–Crippen LogP) is 1.56. The second-order valence-electron chi connectivity index (χ2n) is 4.19. The van der Waals surface area contributed by atoms with Gasteiger partial charge >= 0.3 is 0 Å². The Morgan fingerprint density at radius 2 is 2.41 bits per heavy atom. The van der Waals surface area contributed by atoms with Crippen molar-refractivity contribution in [2.24, 2.45) is 0 Å². The third kappa shape index (κ3) is 2.01. The lowest BCUT2D eigenvalue weighted by Gasteiger charge is -2.22. The molecule has 0 aliphatic carbocycles. The molecular formula is C12H14N4O. The molecule has 3 rings (SSSR count). The smallest absolute Gasteiger partial charge is 0.219 e. The number of hydrogen-bond acceptors (Lipinski definition) is 4. The van der Waals surface area contributed by atoms with Gasteiger partial charge in [-0.3, -0.25) is 4.68 Å². The van der Waals surface area contributed by atoms with Crippen molar-refractivity contribution in [3.8, 4) is 11.6 Å². The Balaban J connectivity index is 1.85. The number of aromatic nitrogens is 3. The molecular weight excluding hydrogens is 216 g/mol. The van der Waals surface area contributed by atoms with E-state index in [4.69, 9.17) is 4.74 Å². The number of nitrogens with zero attached hydrogens (tertiary/aromatic N) is 3. The minimum absolute atomic E-state index is 0.449. The van der Waals surface area contributed by atoms with E-state index < -0.39 is 0 Å².